The van der Waals surface area contributed by atoms with Crippen molar-refractivity contribution in [3.63, 3.8) is 0 Å². The Morgan fingerprint density at radius 3 is 2.64 bits per heavy atom. The van der Waals surface area contributed by atoms with Crippen molar-refractivity contribution >= 4 is 35.2 Å². The third kappa shape index (κ3) is 3.51. The lowest BCUT2D eigenvalue weighted by atomic mass is 10.2. The number of anilines is 1. The molecule has 0 aromatic heterocycles. The number of amides is 2. The standard InChI is InChI=1S/C18H22N2O4S/c1-11(2)24-17(23)12-4-6-13(7-5-12)19-16(22)14-10-25-18(3)9-8-15(21)20(14)18/h4-7,11,14H,8-10H2,1-3H3,(H,19,22)/t14-,18+/m0/s1. The van der Waals surface area contributed by atoms with Crippen LogP contribution in [0.15, 0.2) is 24.3 Å². The van der Waals surface area contributed by atoms with Gasteiger partial charge in [0.1, 0.15) is 6.04 Å². The summed E-state index contributed by atoms with van der Waals surface area (Å²) in [6, 6.07) is 6.13. The predicted octanol–water partition coefficient (Wildman–Crippen LogP) is 2.64. The second-order valence-electron chi connectivity index (χ2n) is 6.79. The molecule has 0 spiro atoms. The highest BCUT2D eigenvalue weighted by molar-refractivity contribution is 8.01. The van der Waals surface area contributed by atoms with Gasteiger partial charge in [-0.1, -0.05) is 0 Å². The summed E-state index contributed by atoms with van der Waals surface area (Å²) in [5, 5.41) is 2.84. The Morgan fingerprint density at radius 1 is 1.32 bits per heavy atom. The Morgan fingerprint density at radius 2 is 2.00 bits per heavy atom. The van der Waals surface area contributed by atoms with Crippen LogP contribution in [0.25, 0.3) is 0 Å². The lowest BCUT2D eigenvalue weighted by Gasteiger charge is -2.29. The molecule has 2 fully saturated rings. The van der Waals surface area contributed by atoms with Crippen LogP contribution in [0.5, 0.6) is 0 Å². The molecule has 25 heavy (non-hydrogen) atoms. The molecule has 0 saturated carbocycles. The summed E-state index contributed by atoms with van der Waals surface area (Å²) < 4.78 is 5.14. The van der Waals surface area contributed by atoms with Gasteiger partial charge in [0.2, 0.25) is 11.8 Å². The molecule has 6 nitrogen and oxygen atoms in total. The van der Waals surface area contributed by atoms with Gasteiger partial charge in [-0.15, -0.1) is 11.8 Å². The van der Waals surface area contributed by atoms with Crippen LogP contribution in [-0.4, -0.2) is 45.5 Å². The van der Waals surface area contributed by atoms with Crippen molar-refractivity contribution < 1.29 is 19.1 Å². The lowest BCUT2D eigenvalue weighted by Crippen LogP contribution is -2.48. The van der Waals surface area contributed by atoms with E-state index in [1.54, 1.807) is 54.8 Å². The average Bonchev–Trinajstić information content (AvgIpc) is 3.04. The minimum Gasteiger partial charge on any atom is -0.459 e. The fourth-order valence-electron chi connectivity index (χ4n) is 3.21. The third-order valence-corrected chi connectivity index (χ3v) is 5.98. The van der Waals surface area contributed by atoms with Gasteiger partial charge >= 0.3 is 5.97 Å². The Balaban J connectivity index is 1.66. The van der Waals surface area contributed by atoms with Crippen molar-refractivity contribution in [2.75, 3.05) is 11.1 Å². The van der Waals surface area contributed by atoms with Crippen molar-refractivity contribution in [1.29, 1.82) is 0 Å². The summed E-state index contributed by atoms with van der Waals surface area (Å²) in [6.45, 7) is 5.60. The summed E-state index contributed by atoms with van der Waals surface area (Å²) in [4.78, 5) is 38.0. The summed E-state index contributed by atoms with van der Waals surface area (Å²) in [5.74, 6) is 0.0641. The largest absolute Gasteiger partial charge is 0.459 e. The first-order valence-electron chi connectivity index (χ1n) is 8.38. The van der Waals surface area contributed by atoms with Crippen LogP contribution in [0.4, 0.5) is 5.69 Å². The van der Waals surface area contributed by atoms with Gasteiger partial charge in [-0.05, 0) is 51.5 Å². The van der Waals surface area contributed by atoms with Crippen molar-refractivity contribution in [1.82, 2.24) is 4.90 Å². The van der Waals surface area contributed by atoms with Gasteiger partial charge in [0, 0.05) is 17.9 Å². The fourth-order valence-corrected chi connectivity index (χ4v) is 4.64. The fraction of sp³-hybridized carbons (Fsp3) is 0.500. The molecule has 2 atom stereocenters. The van der Waals surface area contributed by atoms with E-state index in [9.17, 15) is 14.4 Å². The molecule has 1 aromatic rings. The van der Waals surface area contributed by atoms with Crippen LogP contribution >= 0.6 is 11.8 Å². The van der Waals surface area contributed by atoms with Gasteiger partial charge in [0.25, 0.3) is 0 Å². The van der Waals surface area contributed by atoms with Gasteiger partial charge in [-0.2, -0.15) is 0 Å². The molecule has 0 bridgehead atoms. The first-order valence-corrected chi connectivity index (χ1v) is 9.37. The number of ether oxygens (including phenoxy) is 1. The molecule has 0 radical (unpaired) electrons. The van der Waals surface area contributed by atoms with Crippen LogP contribution in [-0.2, 0) is 14.3 Å². The number of benzene rings is 1. The number of esters is 1. The zero-order chi connectivity index (χ0) is 18.2. The SMILES string of the molecule is CC(C)OC(=O)c1ccc(NC(=O)[C@@H]2CS[C@]3(C)CCC(=O)N23)cc1. The Bertz CT molecular complexity index is 704. The maximum absolute atomic E-state index is 12.6. The van der Waals surface area contributed by atoms with Gasteiger partial charge < -0.3 is 15.0 Å². The van der Waals surface area contributed by atoms with Crippen LogP contribution in [0.2, 0.25) is 0 Å². The number of thioether (sulfide) groups is 1. The highest BCUT2D eigenvalue weighted by Crippen LogP contribution is 2.47. The van der Waals surface area contributed by atoms with E-state index in [-0.39, 0.29) is 22.8 Å². The molecule has 2 aliphatic rings. The second-order valence-corrected chi connectivity index (χ2v) is 8.29. The van der Waals surface area contributed by atoms with Gasteiger partial charge in [0.05, 0.1) is 16.5 Å². The normalized spacial score (nSPS) is 25.2. The lowest BCUT2D eigenvalue weighted by molar-refractivity contribution is -0.135. The van der Waals surface area contributed by atoms with E-state index < -0.39 is 12.0 Å². The predicted molar refractivity (Wildman–Crippen MR) is 96.4 cm³/mol. The molecule has 2 saturated heterocycles. The maximum Gasteiger partial charge on any atom is 0.338 e. The molecule has 2 aliphatic heterocycles. The highest BCUT2D eigenvalue weighted by atomic mass is 32.2. The van der Waals surface area contributed by atoms with E-state index >= 15 is 0 Å². The second kappa shape index (κ2) is 6.71. The molecule has 2 amide bonds. The van der Waals surface area contributed by atoms with Gasteiger partial charge in [0.15, 0.2) is 0 Å². The van der Waals surface area contributed by atoms with E-state index in [0.29, 0.717) is 23.4 Å². The third-order valence-electron chi connectivity index (χ3n) is 4.48. The number of hydrogen-bond donors (Lipinski definition) is 1. The first-order chi connectivity index (χ1) is 11.8. The van der Waals surface area contributed by atoms with Crippen LogP contribution in [0.1, 0.15) is 44.0 Å². The minimum atomic E-state index is -0.449. The summed E-state index contributed by atoms with van der Waals surface area (Å²) >= 11 is 1.66. The van der Waals surface area contributed by atoms with E-state index in [2.05, 4.69) is 5.32 Å². The van der Waals surface area contributed by atoms with E-state index in [0.717, 1.165) is 6.42 Å². The number of rotatable bonds is 4. The summed E-state index contributed by atoms with van der Waals surface area (Å²) in [5.41, 5.74) is 1.03. The molecule has 134 valence electrons. The van der Waals surface area contributed by atoms with E-state index in [1.165, 1.54) is 0 Å². The Labute approximate surface area is 151 Å². The molecule has 0 unspecified atom stereocenters. The van der Waals surface area contributed by atoms with Crippen molar-refractivity contribution in [3.05, 3.63) is 29.8 Å². The number of nitrogens with zero attached hydrogens (tertiary/aromatic N) is 1. The topological polar surface area (TPSA) is 75.7 Å². The molecule has 0 aliphatic carbocycles. The van der Waals surface area contributed by atoms with Crippen LogP contribution < -0.4 is 5.32 Å². The van der Waals surface area contributed by atoms with Crippen LogP contribution in [0, 0.1) is 0 Å². The first kappa shape index (κ1) is 17.8. The highest BCUT2D eigenvalue weighted by Gasteiger charge is 2.52. The smallest absolute Gasteiger partial charge is 0.338 e. The molecule has 1 N–H and O–H groups in total. The Hall–Kier alpha value is -2.02. The number of carbonyl (C=O) groups is 3. The molecule has 2 heterocycles. The van der Waals surface area contributed by atoms with Crippen molar-refractivity contribution in [2.24, 2.45) is 0 Å². The number of fused-ring (bicyclic) bond motifs is 1. The molecule has 1 aromatic carbocycles. The summed E-state index contributed by atoms with van der Waals surface area (Å²) in [6.07, 6.45) is 1.10. The van der Waals surface area contributed by atoms with Gasteiger partial charge in [-0.25, -0.2) is 4.79 Å². The molecular formula is C18H22N2O4S. The monoisotopic (exact) mass is 362 g/mol. The zero-order valence-electron chi connectivity index (χ0n) is 14.6. The summed E-state index contributed by atoms with van der Waals surface area (Å²) in [7, 11) is 0. The average molecular weight is 362 g/mol. The zero-order valence-corrected chi connectivity index (χ0v) is 15.4. The van der Waals surface area contributed by atoms with Crippen molar-refractivity contribution in [2.45, 2.75) is 50.6 Å². The number of hydrogen-bond acceptors (Lipinski definition) is 5. The number of nitrogens with one attached hydrogen (secondary N) is 1. The van der Waals surface area contributed by atoms with Crippen LogP contribution in [0.3, 0.4) is 0 Å². The van der Waals surface area contributed by atoms with Crippen molar-refractivity contribution in [3.8, 4) is 0 Å². The minimum absolute atomic E-state index is 0.0411. The van der Waals surface area contributed by atoms with Gasteiger partial charge in [-0.3, -0.25) is 9.59 Å². The van der Waals surface area contributed by atoms with E-state index in [1.807, 2.05) is 6.92 Å². The molecule has 7 heteroatoms. The molecule has 3 rings (SSSR count). The molecular weight excluding hydrogens is 340 g/mol. The Kier molecular flexibility index (Phi) is 4.77. The maximum atomic E-state index is 12.6. The quantitative estimate of drug-likeness (QED) is 0.834. The van der Waals surface area contributed by atoms with E-state index in [4.69, 9.17) is 4.74 Å². The number of carbonyl (C=O) groups excluding carboxylic acids is 3.